The van der Waals surface area contributed by atoms with Crippen LogP contribution in [-0.4, -0.2) is 14.5 Å². The molecule has 0 bridgehead atoms. The Morgan fingerprint density at radius 3 is 2.70 bits per heavy atom. The van der Waals surface area contributed by atoms with Crippen LogP contribution in [-0.2, 0) is 16.4 Å². The van der Waals surface area contributed by atoms with Crippen LogP contribution in [0, 0.1) is 6.92 Å². The maximum absolute atomic E-state index is 12.3. The first-order valence-electron chi connectivity index (χ1n) is 6.28. The molecule has 1 aromatic heterocycles. The summed E-state index contributed by atoms with van der Waals surface area (Å²) >= 11 is 1.61. The molecule has 108 valence electrons. The van der Waals surface area contributed by atoms with Gasteiger partial charge in [-0.1, -0.05) is 0 Å². The lowest BCUT2D eigenvalue weighted by molar-refractivity contribution is 0.560. The van der Waals surface area contributed by atoms with Gasteiger partial charge in [0.05, 0.1) is 4.90 Å². The van der Waals surface area contributed by atoms with Gasteiger partial charge in [-0.25, -0.2) is 13.1 Å². The van der Waals surface area contributed by atoms with E-state index in [1.807, 2.05) is 23.8 Å². The summed E-state index contributed by atoms with van der Waals surface area (Å²) in [7, 11) is -3.50. The van der Waals surface area contributed by atoms with Gasteiger partial charge < -0.3 is 5.73 Å². The first-order valence-corrected chi connectivity index (χ1v) is 8.70. The lowest BCUT2D eigenvalue weighted by Gasteiger charge is -2.14. The fourth-order valence-electron chi connectivity index (χ4n) is 1.95. The monoisotopic (exact) mass is 310 g/mol. The van der Waals surface area contributed by atoms with Gasteiger partial charge in [-0.15, -0.1) is 0 Å². The normalized spacial score (nSPS) is 13.3. The topological polar surface area (TPSA) is 72.2 Å². The number of nitrogens with one attached hydrogen (secondary N) is 1. The van der Waals surface area contributed by atoms with Crippen molar-refractivity contribution in [1.82, 2.24) is 4.72 Å². The van der Waals surface area contributed by atoms with Crippen molar-refractivity contribution in [2.24, 2.45) is 0 Å². The van der Waals surface area contributed by atoms with Gasteiger partial charge in [-0.2, -0.15) is 11.3 Å². The highest BCUT2D eigenvalue weighted by Crippen LogP contribution is 2.17. The second-order valence-corrected chi connectivity index (χ2v) is 7.37. The third-order valence-corrected chi connectivity index (χ3v) is 5.35. The summed E-state index contributed by atoms with van der Waals surface area (Å²) in [5, 5.41) is 4.01. The molecule has 2 rings (SSSR count). The van der Waals surface area contributed by atoms with Crippen molar-refractivity contribution in [3.63, 3.8) is 0 Å². The maximum atomic E-state index is 12.3. The summed E-state index contributed by atoms with van der Waals surface area (Å²) in [5.74, 6) is 0. The van der Waals surface area contributed by atoms with Crippen LogP contribution in [0.3, 0.4) is 0 Å². The lowest BCUT2D eigenvalue weighted by Crippen LogP contribution is -2.34. The van der Waals surface area contributed by atoms with Crippen LogP contribution in [0.2, 0.25) is 0 Å². The molecule has 0 saturated heterocycles. The Balaban J connectivity index is 2.12. The number of sulfonamides is 1. The smallest absolute Gasteiger partial charge is 0.240 e. The Kier molecular flexibility index (Phi) is 4.47. The van der Waals surface area contributed by atoms with Crippen LogP contribution in [0.15, 0.2) is 39.9 Å². The first kappa shape index (κ1) is 15.0. The molecule has 3 N–H and O–H groups in total. The average molecular weight is 310 g/mol. The van der Waals surface area contributed by atoms with E-state index >= 15 is 0 Å². The number of rotatable bonds is 5. The number of nitrogen functional groups attached to an aromatic ring is 1. The molecule has 2 aromatic rings. The molecule has 0 aliphatic carbocycles. The number of benzene rings is 1. The van der Waals surface area contributed by atoms with Crippen molar-refractivity contribution >= 4 is 27.0 Å². The standard InChI is InChI=1S/C14H18N2O2S2/c1-10-7-13(3-4-14(10)15)20(17,18)16-11(2)8-12-5-6-19-9-12/h3-7,9,11,16H,8,15H2,1-2H3. The molecule has 20 heavy (non-hydrogen) atoms. The van der Waals surface area contributed by atoms with E-state index < -0.39 is 10.0 Å². The molecule has 4 nitrogen and oxygen atoms in total. The first-order chi connectivity index (χ1) is 9.38. The van der Waals surface area contributed by atoms with Gasteiger partial charge in [0.25, 0.3) is 0 Å². The second-order valence-electron chi connectivity index (χ2n) is 4.88. The Morgan fingerprint density at radius 2 is 2.10 bits per heavy atom. The lowest BCUT2D eigenvalue weighted by atomic mass is 10.1. The zero-order valence-electron chi connectivity index (χ0n) is 11.5. The van der Waals surface area contributed by atoms with Gasteiger partial charge in [-0.05, 0) is 66.4 Å². The highest BCUT2D eigenvalue weighted by Gasteiger charge is 2.18. The van der Waals surface area contributed by atoms with E-state index in [1.165, 1.54) is 6.07 Å². The number of hydrogen-bond donors (Lipinski definition) is 2. The molecule has 1 aromatic carbocycles. The highest BCUT2D eigenvalue weighted by atomic mass is 32.2. The Hall–Kier alpha value is -1.37. The second kappa shape index (κ2) is 5.95. The van der Waals surface area contributed by atoms with Crippen molar-refractivity contribution < 1.29 is 8.42 Å². The Labute approximate surface area is 123 Å². The van der Waals surface area contributed by atoms with E-state index in [9.17, 15) is 8.42 Å². The molecule has 1 unspecified atom stereocenters. The van der Waals surface area contributed by atoms with E-state index in [1.54, 1.807) is 30.4 Å². The molecule has 0 aliphatic heterocycles. The summed E-state index contributed by atoms with van der Waals surface area (Å²) in [6.07, 6.45) is 0.677. The largest absolute Gasteiger partial charge is 0.399 e. The molecular formula is C14H18N2O2S2. The average Bonchev–Trinajstić information content (AvgIpc) is 2.84. The minimum absolute atomic E-state index is 0.160. The van der Waals surface area contributed by atoms with Gasteiger partial charge in [0.15, 0.2) is 0 Å². The third-order valence-electron chi connectivity index (χ3n) is 3.03. The van der Waals surface area contributed by atoms with Crippen LogP contribution >= 0.6 is 11.3 Å². The number of thiophene rings is 1. The van der Waals surface area contributed by atoms with E-state index in [0.717, 1.165) is 11.1 Å². The highest BCUT2D eigenvalue weighted by molar-refractivity contribution is 7.89. The molecular weight excluding hydrogens is 292 g/mol. The SMILES string of the molecule is Cc1cc(S(=O)(=O)NC(C)Cc2ccsc2)ccc1N. The van der Waals surface area contributed by atoms with Crippen LogP contribution in [0.4, 0.5) is 5.69 Å². The molecule has 0 aliphatic rings. The molecule has 6 heteroatoms. The summed E-state index contributed by atoms with van der Waals surface area (Å²) < 4.78 is 27.3. The quantitative estimate of drug-likeness (QED) is 0.834. The van der Waals surface area contributed by atoms with E-state index in [2.05, 4.69) is 4.72 Å². The molecule has 1 atom stereocenters. The predicted molar refractivity (Wildman–Crippen MR) is 83.4 cm³/mol. The summed E-state index contributed by atoms with van der Waals surface area (Å²) in [4.78, 5) is 0.251. The summed E-state index contributed by atoms with van der Waals surface area (Å²) in [5.41, 5.74) is 8.20. The van der Waals surface area contributed by atoms with E-state index in [4.69, 9.17) is 5.73 Å². The van der Waals surface area contributed by atoms with Gasteiger partial charge in [0, 0.05) is 11.7 Å². The van der Waals surface area contributed by atoms with Gasteiger partial charge >= 0.3 is 0 Å². The molecule has 0 spiro atoms. The number of anilines is 1. The minimum Gasteiger partial charge on any atom is -0.399 e. The third kappa shape index (κ3) is 3.59. The van der Waals surface area contributed by atoms with Crippen molar-refractivity contribution in [3.05, 3.63) is 46.2 Å². The van der Waals surface area contributed by atoms with Crippen LogP contribution in [0.1, 0.15) is 18.1 Å². The predicted octanol–water partition coefficient (Wildman–Crippen LogP) is 2.55. The minimum atomic E-state index is -3.50. The number of nitrogens with two attached hydrogens (primary N) is 1. The molecule has 1 heterocycles. The van der Waals surface area contributed by atoms with Crippen molar-refractivity contribution in [2.45, 2.75) is 31.2 Å². The number of aryl methyl sites for hydroxylation is 1. The zero-order valence-corrected chi connectivity index (χ0v) is 13.1. The van der Waals surface area contributed by atoms with Crippen LogP contribution in [0.25, 0.3) is 0 Å². The van der Waals surface area contributed by atoms with Crippen LogP contribution in [0.5, 0.6) is 0 Å². The maximum Gasteiger partial charge on any atom is 0.240 e. The van der Waals surface area contributed by atoms with Crippen molar-refractivity contribution in [3.8, 4) is 0 Å². The summed E-state index contributed by atoms with van der Waals surface area (Å²) in [6, 6.07) is 6.58. The van der Waals surface area contributed by atoms with Crippen molar-refractivity contribution in [1.29, 1.82) is 0 Å². The fourth-order valence-corrected chi connectivity index (χ4v) is 3.96. The van der Waals surface area contributed by atoms with E-state index in [0.29, 0.717) is 12.1 Å². The Morgan fingerprint density at radius 1 is 1.35 bits per heavy atom. The molecule has 0 fully saturated rings. The summed E-state index contributed by atoms with van der Waals surface area (Å²) in [6.45, 7) is 3.66. The zero-order chi connectivity index (χ0) is 14.8. The molecule has 0 saturated carbocycles. The van der Waals surface area contributed by atoms with Crippen molar-refractivity contribution in [2.75, 3.05) is 5.73 Å². The van der Waals surface area contributed by atoms with Gasteiger partial charge in [0.2, 0.25) is 10.0 Å². The van der Waals surface area contributed by atoms with E-state index in [-0.39, 0.29) is 10.9 Å². The molecule has 0 radical (unpaired) electrons. The number of hydrogen-bond acceptors (Lipinski definition) is 4. The fraction of sp³-hybridized carbons (Fsp3) is 0.286. The van der Waals surface area contributed by atoms with Gasteiger partial charge in [0.1, 0.15) is 0 Å². The Bertz CT molecular complexity index is 679. The van der Waals surface area contributed by atoms with Gasteiger partial charge in [-0.3, -0.25) is 0 Å². The molecule has 0 amide bonds. The van der Waals surface area contributed by atoms with Crippen LogP contribution < -0.4 is 10.5 Å².